The lowest BCUT2D eigenvalue weighted by atomic mass is 10.1. The smallest absolute Gasteiger partial charge is 0.274 e. The summed E-state index contributed by atoms with van der Waals surface area (Å²) in [7, 11) is 0. The highest BCUT2D eigenvalue weighted by atomic mass is 16.5. The van der Waals surface area contributed by atoms with Crippen molar-refractivity contribution in [3.63, 3.8) is 0 Å². The number of hydrogen-bond donors (Lipinski definition) is 2. The number of hydroxylamine groups is 1. The van der Waals surface area contributed by atoms with Gasteiger partial charge in [0.15, 0.2) is 6.61 Å². The van der Waals surface area contributed by atoms with Crippen LogP contribution in [0, 0.1) is 5.92 Å². The van der Waals surface area contributed by atoms with Crippen LogP contribution in [0.1, 0.15) is 30.6 Å². The molecule has 108 valence electrons. The Morgan fingerprint density at radius 2 is 2.25 bits per heavy atom. The van der Waals surface area contributed by atoms with E-state index < -0.39 is 5.91 Å². The quantitative estimate of drug-likeness (QED) is 0.647. The molecule has 6 nitrogen and oxygen atoms in total. The molecule has 2 rings (SSSR count). The fourth-order valence-corrected chi connectivity index (χ4v) is 2.04. The number of fused-ring (bicyclic) bond motifs is 1. The second kappa shape index (κ2) is 5.92. The second-order valence-electron chi connectivity index (χ2n) is 5.14. The average Bonchev–Trinajstić information content (AvgIpc) is 2.44. The highest BCUT2D eigenvalue weighted by Gasteiger charge is 2.26. The van der Waals surface area contributed by atoms with Gasteiger partial charge in [-0.3, -0.25) is 14.8 Å². The first kappa shape index (κ1) is 14.3. The van der Waals surface area contributed by atoms with E-state index in [9.17, 15) is 9.59 Å². The van der Waals surface area contributed by atoms with Crippen LogP contribution in [0.4, 0.5) is 5.69 Å². The predicted octanol–water partition coefficient (Wildman–Crippen LogP) is 1.58. The minimum absolute atomic E-state index is 0.0106. The zero-order chi connectivity index (χ0) is 14.7. The molecule has 1 heterocycles. The largest absolute Gasteiger partial charge is 0.482 e. The Morgan fingerprint density at radius 3 is 2.90 bits per heavy atom. The van der Waals surface area contributed by atoms with E-state index in [-0.39, 0.29) is 18.1 Å². The number of amides is 2. The number of nitrogens with zero attached hydrogens (tertiary/aromatic N) is 1. The molecule has 2 amide bonds. The third-order valence-corrected chi connectivity index (χ3v) is 3.20. The third-order valence-electron chi connectivity index (χ3n) is 3.20. The maximum absolute atomic E-state index is 12.0. The van der Waals surface area contributed by atoms with Crippen LogP contribution in [0.25, 0.3) is 0 Å². The number of rotatable bonds is 4. The molecule has 20 heavy (non-hydrogen) atoms. The predicted molar refractivity (Wildman–Crippen MR) is 73.0 cm³/mol. The number of hydrogen-bond acceptors (Lipinski definition) is 4. The van der Waals surface area contributed by atoms with E-state index in [1.165, 1.54) is 0 Å². The first-order chi connectivity index (χ1) is 9.52. The van der Waals surface area contributed by atoms with Crippen LogP contribution in [0.5, 0.6) is 5.75 Å². The van der Waals surface area contributed by atoms with Crippen molar-refractivity contribution in [1.82, 2.24) is 5.48 Å². The summed E-state index contributed by atoms with van der Waals surface area (Å²) in [5, 5.41) is 8.67. The molecule has 0 saturated heterocycles. The summed E-state index contributed by atoms with van der Waals surface area (Å²) >= 11 is 0. The number of carbonyl (C=O) groups excluding carboxylic acids is 2. The van der Waals surface area contributed by atoms with Crippen molar-refractivity contribution in [3.8, 4) is 5.75 Å². The maximum Gasteiger partial charge on any atom is 0.274 e. The van der Waals surface area contributed by atoms with E-state index in [1.807, 2.05) is 0 Å². The summed E-state index contributed by atoms with van der Waals surface area (Å²) in [6.45, 7) is 4.76. The van der Waals surface area contributed by atoms with Crippen LogP contribution in [-0.4, -0.2) is 30.2 Å². The summed E-state index contributed by atoms with van der Waals surface area (Å²) < 4.78 is 5.36. The summed E-state index contributed by atoms with van der Waals surface area (Å²) in [5.41, 5.74) is 2.43. The summed E-state index contributed by atoms with van der Waals surface area (Å²) in [6, 6.07) is 4.73. The van der Waals surface area contributed by atoms with Crippen molar-refractivity contribution in [3.05, 3.63) is 23.8 Å². The zero-order valence-electron chi connectivity index (χ0n) is 11.5. The van der Waals surface area contributed by atoms with Crippen molar-refractivity contribution in [2.45, 2.75) is 20.3 Å². The summed E-state index contributed by atoms with van der Waals surface area (Å²) in [5.74, 6) is 0.301. The number of ether oxygens (including phenoxy) is 1. The summed E-state index contributed by atoms with van der Waals surface area (Å²) in [6.07, 6.45) is 0.863. The monoisotopic (exact) mass is 278 g/mol. The molecule has 0 unspecified atom stereocenters. The van der Waals surface area contributed by atoms with Gasteiger partial charge in [0.2, 0.25) is 0 Å². The highest BCUT2D eigenvalue weighted by molar-refractivity contribution is 6.01. The van der Waals surface area contributed by atoms with Gasteiger partial charge >= 0.3 is 0 Å². The molecule has 6 heteroatoms. The molecular formula is C14H18N2O4. The van der Waals surface area contributed by atoms with Gasteiger partial charge in [0.25, 0.3) is 11.8 Å². The standard InChI is InChI=1S/C14H18N2O4/c1-9(2)5-6-16-11-7-10(14(18)15-19)3-4-12(11)20-8-13(16)17/h3-4,7,9,19H,5-6,8H2,1-2H3,(H,15,18). The summed E-state index contributed by atoms with van der Waals surface area (Å²) in [4.78, 5) is 25.1. The van der Waals surface area contributed by atoms with Gasteiger partial charge < -0.3 is 9.64 Å². The number of benzene rings is 1. The highest BCUT2D eigenvalue weighted by Crippen LogP contribution is 2.33. The van der Waals surface area contributed by atoms with E-state index in [0.29, 0.717) is 23.9 Å². The van der Waals surface area contributed by atoms with Crippen LogP contribution >= 0.6 is 0 Å². The minimum Gasteiger partial charge on any atom is -0.482 e. The van der Waals surface area contributed by atoms with Crippen LogP contribution in [0.2, 0.25) is 0 Å². The molecule has 0 radical (unpaired) electrons. The fraction of sp³-hybridized carbons (Fsp3) is 0.429. The van der Waals surface area contributed by atoms with Crippen molar-refractivity contribution in [2.24, 2.45) is 5.92 Å². The molecule has 0 atom stereocenters. The molecule has 1 aromatic carbocycles. The molecule has 0 aromatic heterocycles. The molecule has 0 saturated carbocycles. The van der Waals surface area contributed by atoms with Crippen molar-refractivity contribution >= 4 is 17.5 Å². The van der Waals surface area contributed by atoms with Gasteiger partial charge in [0, 0.05) is 12.1 Å². The Bertz CT molecular complexity index is 528. The van der Waals surface area contributed by atoms with Gasteiger partial charge in [0.1, 0.15) is 5.75 Å². The molecule has 0 aliphatic carbocycles. The Balaban J connectivity index is 2.32. The molecule has 0 fully saturated rings. The number of nitrogens with one attached hydrogen (secondary N) is 1. The Labute approximate surface area is 117 Å². The lowest BCUT2D eigenvalue weighted by molar-refractivity contribution is -0.121. The number of anilines is 1. The average molecular weight is 278 g/mol. The van der Waals surface area contributed by atoms with Gasteiger partial charge in [0.05, 0.1) is 5.69 Å². The Kier molecular flexibility index (Phi) is 4.24. The Morgan fingerprint density at radius 1 is 1.50 bits per heavy atom. The van der Waals surface area contributed by atoms with Gasteiger partial charge in [-0.25, -0.2) is 5.48 Å². The Hall–Kier alpha value is -2.08. The van der Waals surface area contributed by atoms with Gasteiger partial charge in [-0.05, 0) is 30.5 Å². The van der Waals surface area contributed by atoms with E-state index in [1.54, 1.807) is 28.6 Å². The number of carbonyl (C=O) groups is 2. The zero-order valence-corrected chi connectivity index (χ0v) is 11.5. The lowest BCUT2D eigenvalue weighted by Gasteiger charge is -2.30. The second-order valence-corrected chi connectivity index (χ2v) is 5.14. The van der Waals surface area contributed by atoms with Gasteiger partial charge in [-0.2, -0.15) is 0 Å². The molecule has 0 spiro atoms. The SMILES string of the molecule is CC(C)CCN1C(=O)COc2ccc(C(=O)NO)cc21. The molecular weight excluding hydrogens is 260 g/mol. The molecule has 1 aromatic rings. The van der Waals surface area contributed by atoms with Gasteiger partial charge in [-0.1, -0.05) is 13.8 Å². The van der Waals surface area contributed by atoms with Crippen molar-refractivity contribution in [2.75, 3.05) is 18.1 Å². The fourth-order valence-electron chi connectivity index (χ4n) is 2.04. The van der Waals surface area contributed by atoms with Crippen LogP contribution < -0.4 is 15.1 Å². The topological polar surface area (TPSA) is 78.9 Å². The maximum atomic E-state index is 12.0. The van der Waals surface area contributed by atoms with Crippen molar-refractivity contribution in [1.29, 1.82) is 0 Å². The minimum atomic E-state index is -0.616. The van der Waals surface area contributed by atoms with E-state index in [0.717, 1.165) is 6.42 Å². The molecule has 0 bridgehead atoms. The molecule has 1 aliphatic heterocycles. The first-order valence-electron chi connectivity index (χ1n) is 6.54. The van der Waals surface area contributed by atoms with E-state index in [4.69, 9.17) is 9.94 Å². The first-order valence-corrected chi connectivity index (χ1v) is 6.54. The van der Waals surface area contributed by atoms with E-state index >= 15 is 0 Å². The molecule has 2 N–H and O–H groups in total. The molecule has 1 aliphatic rings. The van der Waals surface area contributed by atoms with Gasteiger partial charge in [-0.15, -0.1) is 0 Å². The lowest BCUT2D eigenvalue weighted by Crippen LogP contribution is -2.40. The van der Waals surface area contributed by atoms with Crippen LogP contribution in [0.15, 0.2) is 18.2 Å². The third kappa shape index (κ3) is 2.91. The van der Waals surface area contributed by atoms with E-state index in [2.05, 4.69) is 13.8 Å². The van der Waals surface area contributed by atoms with Crippen LogP contribution in [0.3, 0.4) is 0 Å². The van der Waals surface area contributed by atoms with Crippen LogP contribution in [-0.2, 0) is 4.79 Å². The van der Waals surface area contributed by atoms with Crippen molar-refractivity contribution < 1.29 is 19.5 Å². The normalized spacial score (nSPS) is 14.0.